The molecule has 28 heavy (non-hydrogen) atoms. The molecule has 0 radical (unpaired) electrons. The van der Waals surface area contributed by atoms with Crippen molar-refractivity contribution in [2.75, 3.05) is 26.1 Å². The second kappa shape index (κ2) is 7.05. The summed E-state index contributed by atoms with van der Waals surface area (Å²) >= 11 is 0. The van der Waals surface area contributed by atoms with Crippen LogP contribution in [0.4, 0.5) is 5.69 Å². The van der Waals surface area contributed by atoms with Gasteiger partial charge in [0.25, 0.3) is 0 Å². The first-order valence-corrected chi connectivity index (χ1v) is 8.81. The molecule has 0 spiro atoms. The fourth-order valence-electron chi connectivity index (χ4n) is 3.26. The Hall–Kier alpha value is -3.85. The number of anilines is 1. The van der Waals surface area contributed by atoms with Crippen LogP contribution in [0.15, 0.2) is 54.7 Å². The van der Waals surface area contributed by atoms with Crippen molar-refractivity contribution in [3.63, 3.8) is 0 Å². The second-order valence-corrected chi connectivity index (χ2v) is 6.62. The maximum atomic E-state index is 10.0. The number of rotatable bonds is 4. The molecule has 0 aliphatic carbocycles. The molecule has 0 fully saturated rings. The van der Waals surface area contributed by atoms with Crippen LogP contribution in [0.2, 0.25) is 0 Å². The number of nitrogens with one attached hydrogen (secondary N) is 1. The highest BCUT2D eigenvalue weighted by molar-refractivity contribution is 5.99. The zero-order chi connectivity index (χ0) is 19.7. The summed E-state index contributed by atoms with van der Waals surface area (Å²) < 4.78 is 5.24. The summed E-state index contributed by atoms with van der Waals surface area (Å²) in [4.78, 5) is 6.71. The highest BCUT2D eigenvalue weighted by Crippen LogP contribution is 2.36. The number of methoxy groups -OCH3 is 1. The van der Waals surface area contributed by atoms with Crippen LogP contribution in [0.5, 0.6) is 5.75 Å². The summed E-state index contributed by atoms with van der Waals surface area (Å²) in [5.41, 5.74) is 5.51. The van der Waals surface area contributed by atoms with Crippen LogP contribution in [0.1, 0.15) is 5.56 Å². The molecular weight excluding hydrogens is 350 g/mol. The van der Waals surface area contributed by atoms with Gasteiger partial charge < -0.3 is 9.64 Å². The minimum absolute atomic E-state index is 0.525. The van der Waals surface area contributed by atoms with Crippen molar-refractivity contribution >= 4 is 16.7 Å². The van der Waals surface area contributed by atoms with Crippen LogP contribution < -0.4 is 9.64 Å². The number of ether oxygens (including phenoxy) is 1. The van der Waals surface area contributed by atoms with E-state index in [-0.39, 0.29) is 0 Å². The summed E-state index contributed by atoms with van der Waals surface area (Å²) in [6, 6.07) is 18.0. The lowest BCUT2D eigenvalue weighted by Crippen LogP contribution is -2.08. The van der Waals surface area contributed by atoms with Crippen LogP contribution in [0.25, 0.3) is 33.4 Å². The van der Waals surface area contributed by atoms with E-state index in [1.807, 2.05) is 67.5 Å². The van der Waals surface area contributed by atoms with Gasteiger partial charge in [0.1, 0.15) is 11.8 Å². The van der Waals surface area contributed by atoms with Crippen molar-refractivity contribution in [1.29, 1.82) is 5.26 Å². The van der Waals surface area contributed by atoms with Gasteiger partial charge in [0, 0.05) is 36.3 Å². The normalized spacial score (nSPS) is 10.6. The third-order valence-corrected chi connectivity index (χ3v) is 4.75. The Balaban J connectivity index is 1.97. The number of pyridine rings is 1. The predicted molar refractivity (Wildman–Crippen MR) is 110 cm³/mol. The number of benzene rings is 2. The molecule has 0 aliphatic rings. The van der Waals surface area contributed by atoms with E-state index in [0.717, 1.165) is 33.5 Å². The van der Waals surface area contributed by atoms with E-state index < -0.39 is 0 Å². The molecule has 4 aromatic rings. The fourth-order valence-corrected chi connectivity index (χ4v) is 3.26. The number of fused-ring (bicyclic) bond motifs is 1. The van der Waals surface area contributed by atoms with E-state index >= 15 is 0 Å². The largest absolute Gasteiger partial charge is 0.497 e. The van der Waals surface area contributed by atoms with Crippen molar-refractivity contribution in [2.24, 2.45) is 0 Å². The minimum atomic E-state index is 0.525. The van der Waals surface area contributed by atoms with Crippen molar-refractivity contribution in [3.05, 3.63) is 60.3 Å². The van der Waals surface area contributed by atoms with Gasteiger partial charge in [-0.15, -0.1) is 0 Å². The van der Waals surface area contributed by atoms with Gasteiger partial charge in [0.2, 0.25) is 0 Å². The SMILES string of the molecule is COc1ccc(-c2nc3[nH]ncc3c(-c3ccc(N(C)C)cc3)c2C#N)cc1. The van der Waals surface area contributed by atoms with Crippen molar-refractivity contribution < 1.29 is 4.74 Å². The van der Waals surface area contributed by atoms with Gasteiger partial charge in [0.05, 0.1) is 24.6 Å². The summed E-state index contributed by atoms with van der Waals surface area (Å²) in [6.07, 6.45) is 1.72. The number of nitrogens with zero attached hydrogens (tertiary/aromatic N) is 4. The summed E-state index contributed by atoms with van der Waals surface area (Å²) in [5.74, 6) is 0.754. The zero-order valence-corrected chi connectivity index (χ0v) is 15.9. The van der Waals surface area contributed by atoms with Crippen LogP contribution in [-0.2, 0) is 0 Å². The Bertz CT molecular complexity index is 1170. The first kappa shape index (κ1) is 17.6. The molecule has 2 heterocycles. The van der Waals surface area contributed by atoms with Gasteiger partial charge in [-0.2, -0.15) is 10.4 Å². The zero-order valence-electron chi connectivity index (χ0n) is 15.9. The monoisotopic (exact) mass is 369 g/mol. The molecule has 0 unspecified atom stereocenters. The lowest BCUT2D eigenvalue weighted by Gasteiger charge is -2.14. The van der Waals surface area contributed by atoms with Gasteiger partial charge in [0.15, 0.2) is 5.65 Å². The summed E-state index contributed by atoms with van der Waals surface area (Å²) in [7, 11) is 5.62. The molecule has 138 valence electrons. The third kappa shape index (κ3) is 2.93. The van der Waals surface area contributed by atoms with Crippen molar-refractivity contribution in [1.82, 2.24) is 15.2 Å². The molecule has 6 nitrogen and oxygen atoms in total. The highest BCUT2D eigenvalue weighted by Gasteiger charge is 2.19. The number of nitriles is 1. The molecule has 2 aromatic heterocycles. The Morgan fingerprint density at radius 3 is 2.29 bits per heavy atom. The predicted octanol–water partition coefficient (Wildman–Crippen LogP) is 4.24. The molecule has 0 saturated carbocycles. The van der Waals surface area contributed by atoms with Crippen LogP contribution >= 0.6 is 0 Å². The van der Waals surface area contributed by atoms with Gasteiger partial charge in [-0.25, -0.2) is 4.98 Å². The molecule has 4 rings (SSSR count). The number of hydrogen-bond donors (Lipinski definition) is 1. The number of aromatic amines is 1. The Morgan fingerprint density at radius 1 is 1.00 bits per heavy atom. The number of hydrogen-bond acceptors (Lipinski definition) is 5. The highest BCUT2D eigenvalue weighted by atomic mass is 16.5. The average Bonchev–Trinajstić information content (AvgIpc) is 3.20. The van der Waals surface area contributed by atoms with Crippen molar-refractivity contribution in [2.45, 2.75) is 0 Å². The second-order valence-electron chi connectivity index (χ2n) is 6.62. The van der Waals surface area contributed by atoms with E-state index in [9.17, 15) is 5.26 Å². The Kier molecular flexibility index (Phi) is 4.42. The lowest BCUT2D eigenvalue weighted by molar-refractivity contribution is 0.415. The molecule has 0 aliphatic heterocycles. The molecule has 0 amide bonds. The first-order chi connectivity index (χ1) is 13.6. The molecule has 0 bridgehead atoms. The smallest absolute Gasteiger partial charge is 0.156 e. The van der Waals surface area contributed by atoms with Crippen molar-refractivity contribution in [3.8, 4) is 34.2 Å². The van der Waals surface area contributed by atoms with Crippen LogP contribution in [0.3, 0.4) is 0 Å². The Labute approximate surface area is 163 Å². The molecule has 0 saturated heterocycles. The molecule has 0 atom stereocenters. The van der Waals surface area contributed by atoms with Gasteiger partial charge in [-0.1, -0.05) is 12.1 Å². The molecule has 2 aromatic carbocycles. The van der Waals surface area contributed by atoms with E-state index in [0.29, 0.717) is 16.9 Å². The van der Waals surface area contributed by atoms with Gasteiger partial charge in [-0.3, -0.25) is 5.10 Å². The summed E-state index contributed by atoms with van der Waals surface area (Å²) in [6.45, 7) is 0. The lowest BCUT2D eigenvalue weighted by atomic mass is 9.94. The standard InChI is InChI=1S/C22H19N5O/c1-27(2)16-8-4-14(5-9-16)20-18(12-23)21(25-22-19(20)13-24-26-22)15-6-10-17(28-3)11-7-15/h4-11,13H,1-3H3,(H,24,25,26). The number of H-pyrrole nitrogens is 1. The average molecular weight is 369 g/mol. The molecular formula is C22H19N5O. The van der Waals surface area contributed by atoms with Gasteiger partial charge in [-0.05, 0) is 42.0 Å². The fraction of sp³-hybridized carbons (Fsp3) is 0.136. The van der Waals surface area contributed by atoms with E-state index in [4.69, 9.17) is 4.74 Å². The molecule has 6 heteroatoms. The maximum absolute atomic E-state index is 10.0. The van der Waals surface area contributed by atoms with Crippen LogP contribution in [-0.4, -0.2) is 36.4 Å². The topological polar surface area (TPSA) is 77.8 Å². The molecule has 1 N–H and O–H groups in total. The minimum Gasteiger partial charge on any atom is -0.497 e. The summed E-state index contributed by atoms with van der Waals surface area (Å²) in [5, 5.41) is 17.9. The first-order valence-electron chi connectivity index (χ1n) is 8.81. The van der Waals surface area contributed by atoms with E-state index in [1.165, 1.54) is 0 Å². The number of aromatic nitrogens is 3. The quantitative estimate of drug-likeness (QED) is 0.582. The van der Waals surface area contributed by atoms with Crippen LogP contribution in [0, 0.1) is 11.3 Å². The maximum Gasteiger partial charge on any atom is 0.156 e. The van der Waals surface area contributed by atoms with E-state index in [2.05, 4.69) is 21.3 Å². The van der Waals surface area contributed by atoms with Gasteiger partial charge >= 0.3 is 0 Å². The third-order valence-electron chi connectivity index (χ3n) is 4.75. The van der Waals surface area contributed by atoms with E-state index in [1.54, 1.807) is 13.3 Å². The Morgan fingerprint density at radius 2 is 1.68 bits per heavy atom.